The van der Waals surface area contributed by atoms with E-state index in [1.807, 2.05) is 6.07 Å². The van der Waals surface area contributed by atoms with Crippen molar-refractivity contribution in [3.63, 3.8) is 0 Å². The third kappa shape index (κ3) is 3.13. The van der Waals surface area contributed by atoms with Crippen LogP contribution in [0.4, 0.5) is 0 Å². The Balaban J connectivity index is 1.61. The molecule has 1 aliphatic heterocycles. The lowest BCUT2D eigenvalue weighted by Crippen LogP contribution is -2.47. The van der Waals surface area contributed by atoms with Crippen LogP contribution in [-0.4, -0.2) is 24.3 Å². The number of hydrogen-bond donors (Lipinski definition) is 1. The highest BCUT2D eigenvalue weighted by Crippen LogP contribution is 2.28. The van der Waals surface area contributed by atoms with Gasteiger partial charge in [-0.3, -0.25) is 0 Å². The van der Waals surface area contributed by atoms with Crippen molar-refractivity contribution in [2.24, 2.45) is 0 Å². The second-order valence-corrected chi connectivity index (χ2v) is 6.92. The molecule has 1 heterocycles. The molecule has 0 aromatic heterocycles. The van der Waals surface area contributed by atoms with Crippen LogP contribution in [0.2, 0.25) is 5.02 Å². The minimum absolute atomic E-state index is 0.0185. The molecule has 19 heavy (non-hydrogen) atoms. The van der Waals surface area contributed by atoms with Gasteiger partial charge >= 0.3 is 0 Å². The summed E-state index contributed by atoms with van der Waals surface area (Å²) in [6.07, 6.45) is 4.45. The molecule has 1 aromatic rings. The van der Waals surface area contributed by atoms with Gasteiger partial charge in [0.1, 0.15) is 0 Å². The van der Waals surface area contributed by atoms with Gasteiger partial charge in [-0.2, -0.15) is 0 Å². The van der Waals surface area contributed by atoms with Crippen LogP contribution in [0.25, 0.3) is 0 Å². The zero-order chi connectivity index (χ0) is 13.5. The molecular weight excluding hydrogens is 258 g/mol. The van der Waals surface area contributed by atoms with E-state index in [4.69, 9.17) is 16.3 Å². The summed E-state index contributed by atoms with van der Waals surface area (Å²) in [6, 6.07) is 7.44. The number of ether oxygens (including phenoxy) is 1. The summed E-state index contributed by atoms with van der Waals surface area (Å²) in [5.41, 5.74) is 2.88. The Morgan fingerprint density at radius 1 is 1.21 bits per heavy atom. The third-order valence-corrected chi connectivity index (χ3v) is 4.50. The molecule has 0 saturated carbocycles. The highest BCUT2D eigenvalue weighted by Gasteiger charge is 2.31. The van der Waals surface area contributed by atoms with E-state index in [1.54, 1.807) is 0 Å². The molecule has 104 valence electrons. The van der Waals surface area contributed by atoms with E-state index < -0.39 is 0 Å². The summed E-state index contributed by atoms with van der Waals surface area (Å²) in [4.78, 5) is 0. The highest BCUT2D eigenvalue weighted by atomic mass is 35.5. The maximum Gasteiger partial charge on any atom is 0.0641 e. The van der Waals surface area contributed by atoms with Crippen molar-refractivity contribution < 1.29 is 4.74 Å². The fourth-order valence-corrected chi connectivity index (χ4v) is 3.61. The first-order chi connectivity index (χ1) is 9.02. The number of fused-ring (bicyclic) bond motifs is 1. The first-order valence-electron chi connectivity index (χ1n) is 7.19. The maximum absolute atomic E-state index is 6.06. The minimum Gasteiger partial charge on any atom is -0.375 e. The molecule has 3 heteroatoms. The lowest BCUT2D eigenvalue weighted by molar-refractivity contribution is -0.0640. The predicted octanol–water partition coefficient (Wildman–Crippen LogP) is 3.35. The Morgan fingerprint density at radius 3 is 2.79 bits per heavy atom. The predicted molar refractivity (Wildman–Crippen MR) is 78.8 cm³/mol. The molecule has 1 aromatic carbocycles. The summed E-state index contributed by atoms with van der Waals surface area (Å²) in [7, 11) is 0. The van der Waals surface area contributed by atoms with Crippen LogP contribution in [0.3, 0.4) is 0 Å². The number of nitrogens with one attached hydrogen (secondary N) is 1. The summed E-state index contributed by atoms with van der Waals surface area (Å²) in [5.74, 6) is 0. The van der Waals surface area contributed by atoms with Gasteiger partial charge in [0, 0.05) is 23.7 Å². The van der Waals surface area contributed by atoms with Crippen LogP contribution in [0.1, 0.15) is 37.8 Å². The summed E-state index contributed by atoms with van der Waals surface area (Å²) >= 11 is 6.06. The van der Waals surface area contributed by atoms with Crippen LogP contribution in [0, 0.1) is 0 Å². The van der Waals surface area contributed by atoms with Gasteiger partial charge in [-0.1, -0.05) is 17.7 Å². The first-order valence-corrected chi connectivity index (χ1v) is 7.57. The van der Waals surface area contributed by atoms with Crippen molar-refractivity contribution in [3.05, 3.63) is 34.3 Å². The summed E-state index contributed by atoms with van der Waals surface area (Å²) < 4.78 is 5.78. The van der Waals surface area contributed by atoms with Gasteiger partial charge in [-0.05, 0) is 62.8 Å². The van der Waals surface area contributed by atoms with Gasteiger partial charge in [-0.25, -0.2) is 0 Å². The molecule has 0 bridgehead atoms. The number of benzene rings is 1. The molecule has 0 spiro atoms. The average molecular weight is 280 g/mol. The van der Waals surface area contributed by atoms with E-state index in [2.05, 4.69) is 31.3 Å². The van der Waals surface area contributed by atoms with Crippen molar-refractivity contribution in [2.45, 2.75) is 57.2 Å². The van der Waals surface area contributed by atoms with E-state index in [-0.39, 0.29) is 5.60 Å². The van der Waals surface area contributed by atoms with E-state index in [9.17, 15) is 0 Å². The van der Waals surface area contributed by atoms with E-state index >= 15 is 0 Å². The molecule has 2 aliphatic rings. The van der Waals surface area contributed by atoms with Crippen molar-refractivity contribution in [1.29, 1.82) is 0 Å². The quantitative estimate of drug-likeness (QED) is 0.896. The molecule has 2 atom stereocenters. The van der Waals surface area contributed by atoms with Crippen molar-refractivity contribution in [2.75, 3.05) is 6.61 Å². The van der Waals surface area contributed by atoms with Crippen LogP contribution in [0.15, 0.2) is 18.2 Å². The van der Waals surface area contributed by atoms with Crippen LogP contribution in [-0.2, 0) is 17.6 Å². The van der Waals surface area contributed by atoms with Crippen molar-refractivity contribution >= 4 is 11.6 Å². The fraction of sp³-hybridized carbons (Fsp3) is 0.625. The molecule has 0 amide bonds. The first kappa shape index (κ1) is 13.4. The van der Waals surface area contributed by atoms with E-state index in [0.717, 1.165) is 37.3 Å². The van der Waals surface area contributed by atoms with Gasteiger partial charge < -0.3 is 10.1 Å². The molecule has 1 saturated heterocycles. The number of rotatable bonds is 2. The topological polar surface area (TPSA) is 21.3 Å². The standard InChI is InChI=1S/C16H22ClNO/c1-16(2)10-14(5-6-19-16)18-15-8-11-3-4-13(17)7-12(11)9-15/h3-4,7,14-15,18H,5-6,8-10H2,1-2H3. The molecule has 2 unspecified atom stereocenters. The van der Waals surface area contributed by atoms with Gasteiger partial charge in [0.2, 0.25) is 0 Å². The molecule has 0 radical (unpaired) electrons. The van der Waals surface area contributed by atoms with E-state index in [1.165, 1.54) is 11.1 Å². The molecule has 1 fully saturated rings. The van der Waals surface area contributed by atoms with Gasteiger partial charge in [-0.15, -0.1) is 0 Å². The molecule has 1 aliphatic carbocycles. The average Bonchev–Trinajstić information content (AvgIpc) is 2.68. The Bertz CT molecular complexity index is 472. The van der Waals surface area contributed by atoms with Crippen molar-refractivity contribution in [1.82, 2.24) is 5.32 Å². The highest BCUT2D eigenvalue weighted by molar-refractivity contribution is 6.30. The smallest absolute Gasteiger partial charge is 0.0641 e. The minimum atomic E-state index is 0.0185. The Labute approximate surface area is 120 Å². The van der Waals surface area contributed by atoms with E-state index in [0.29, 0.717) is 12.1 Å². The normalized spacial score (nSPS) is 29.2. The van der Waals surface area contributed by atoms with Gasteiger partial charge in [0.15, 0.2) is 0 Å². The van der Waals surface area contributed by atoms with Gasteiger partial charge in [0.05, 0.1) is 5.60 Å². The molecule has 3 rings (SSSR count). The Kier molecular flexibility index (Phi) is 3.59. The third-order valence-electron chi connectivity index (χ3n) is 4.27. The molecule has 2 nitrogen and oxygen atoms in total. The van der Waals surface area contributed by atoms with Crippen LogP contribution in [0.5, 0.6) is 0 Å². The van der Waals surface area contributed by atoms with Crippen LogP contribution < -0.4 is 5.32 Å². The molecular formula is C16H22ClNO. The van der Waals surface area contributed by atoms with Gasteiger partial charge in [0.25, 0.3) is 0 Å². The summed E-state index contributed by atoms with van der Waals surface area (Å²) in [6.45, 7) is 5.24. The molecule has 1 N–H and O–H groups in total. The SMILES string of the molecule is CC1(C)CC(NC2Cc3ccc(Cl)cc3C2)CCO1. The zero-order valence-corrected chi connectivity index (χ0v) is 12.5. The maximum atomic E-state index is 6.06. The Morgan fingerprint density at radius 2 is 2.00 bits per heavy atom. The number of hydrogen-bond acceptors (Lipinski definition) is 2. The number of halogens is 1. The lowest BCUT2D eigenvalue weighted by atomic mass is 9.93. The fourth-order valence-electron chi connectivity index (χ4n) is 3.41. The zero-order valence-electron chi connectivity index (χ0n) is 11.7. The monoisotopic (exact) mass is 279 g/mol. The lowest BCUT2D eigenvalue weighted by Gasteiger charge is -2.37. The summed E-state index contributed by atoms with van der Waals surface area (Å²) in [5, 5.41) is 4.67. The largest absolute Gasteiger partial charge is 0.375 e. The second kappa shape index (κ2) is 5.08. The van der Waals surface area contributed by atoms with Crippen molar-refractivity contribution in [3.8, 4) is 0 Å². The second-order valence-electron chi connectivity index (χ2n) is 6.48. The Hall–Kier alpha value is -0.570. The van der Waals surface area contributed by atoms with Crippen LogP contribution >= 0.6 is 11.6 Å².